The van der Waals surface area contributed by atoms with Crippen molar-refractivity contribution in [3.63, 3.8) is 0 Å². The molecule has 15 heavy (non-hydrogen) atoms. The Morgan fingerprint density at radius 2 is 1.60 bits per heavy atom. The van der Waals surface area contributed by atoms with Crippen LogP contribution in [0.1, 0.15) is 0 Å². The Kier molecular flexibility index (Phi) is 3.20. The third kappa shape index (κ3) is 2.57. The summed E-state index contributed by atoms with van der Waals surface area (Å²) in [5.74, 6) is -2.40. The van der Waals surface area contributed by atoms with Crippen LogP contribution in [0.3, 0.4) is 0 Å². The SMILES string of the molecule is CN(C)c1cc(F)c(S(=O)(=O)Cl)c(F)c1. The van der Waals surface area contributed by atoms with E-state index >= 15 is 0 Å². The fourth-order valence-corrected chi connectivity index (χ4v) is 2.06. The molecule has 0 aliphatic heterocycles. The van der Waals surface area contributed by atoms with E-state index in [-0.39, 0.29) is 5.69 Å². The summed E-state index contributed by atoms with van der Waals surface area (Å²) in [7, 11) is 3.62. The molecule has 84 valence electrons. The lowest BCUT2D eigenvalue weighted by Gasteiger charge is -2.13. The largest absolute Gasteiger partial charge is 0.377 e. The zero-order chi connectivity index (χ0) is 11.8. The Balaban J connectivity index is 3.48. The van der Waals surface area contributed by atoms with E-state index in [9.17, 15) is 17.2 Å². The summed E-state index contributed by atoms with van der Waals surface area (Å²) in [4.78, 5) is 0.325. The predicted molar refractivity (Wildman–Crippen MR) is 53.7 cm³/mol. The van der Waals surface area contributed by atoms with Gasteiger partial charge in [-0.3, -0.25) is 0 Å². The Morgan fingerprint density at radius 1 is 1.20 bits per heavy atom. The maximum Gasteiger partial charge on any atom is 0.267 e. The van der Waals surface area contributed by atoms with Crippen LogP contribution in [0.2, 0.25) is 0 Å². The second kappa shape index (κ2) is 3.94. The summed E-state index contributed by atoms with van der Waals surface area (Å²) in [6.07, 6.45) is 0. The van der Waals surface area contributed by atoms with E-state index in [1.807, 2.05) is 0 Å². The van der Waals surface area contributed by atoms with Gasteiger partial charge in [-0.2, -0.15) is 0 Å². The Hall–Kier alpha value is -0.880. The molecule has 0 aromatic heterocycles. The number of hydrogen-bond donors (Lipinski definition) is 0. The quantitative estimate of drug-likeness (QED) is 0.758. The van der Waals surface area contributed by atoms with E-state index in [1.165, 1.54) is 4.90 Å². The van der Waals surface area contributed by atoms with Crippen LogP contribution in [0.25, 0.3) is 0 Å². The van der Waals surface area contributed by atoms with Gasteiger partial charge in [0, 0.05) is 30.5 Å². The van der Waals surface area contributed by atoms with Crippen LogP contribution in [0.15, 0.2) is 17.0 Å². The average molecular weight is 256 g/mol. The van der Waals surface area contributed by atoms with Gasteiger partial charge in [-0.15, -0.1) is 0 Å². The van der Waals surface area contributed by atoms with Gasteiger partial charge in [0.25, 0.3) is 9.05 Å². The molecule has 0 radical (unpaired) electrons. The summed E-state index contributed by atoms with van der Waals surface area (Å²) in [6, 6.07) is 1.80. The van der Waals surface area contributed by atoms with E-state index in [2.05, 4.69) is 0 Å². The highest BCUT2D eigenvalue weighted by Crippen LogP contribution is 2.26. The van der Waals surface area contributed by atoms with Crippen molar-refractivity contribution in [2.24, 2.45) is 0 Å². The Labute approximate surface area is 90.7 Å². The molecule has 1 aromatic carbocycles. The van der Waals surface area contributed by atoms with Crippen molar-refractivity contribution >= 4 is 25.4 Å². The minimum absolute atomic E-state index is 0.217. The number of nitrogens with zero attached hydrogens (tertiary/aromatic N) is 1. The molecule has 0 N–H and O–H groups in total. The molecule has 0 amide bonds. The van der Waals surface area contributed by atoms with E-state index in [0.717, 1.165) is 12.1 Å². The lowest BCUT2D eigenvalue weighted by molar-refractivity contribution is 0.524. The number of hydrogen-bond acceptors (Lipinski definition) is 3. The van der Waals surface area contributed by atoms with Crippen LogP contribution in [0.5, 0.6) is 0 Å². The molecule has 0 bridgehead atoms. The molecule has 0 aliphatic carbocycles. The molecular formula is C8H8ClF2NO2S. The summed E-state index contributed by atoms with van der Waals surface area (Å²) < 4.78 is 48.1. The molecule has 7 heteroatoms. The molecule has 0 atom stereocenters. The summed E-state index contributed by atoms with van der Waals surface area (Å²) in [6.45, 7) is 0. The first-order valence-corrected chi connectivity index (χ1v) is 6.15. The lowest BCUT2D eigenvalue weighted by atomic mass is 10.3. The maximum atomic E-state index is 13.2. The number of rotatable bonds is 2. The van der Waals surface area contributed by atoms with Gasteiger partial charge in [0.2, 0.25) is 0 Å². The summed E-state index contributed by atoms with van der Waals surface area (Å²) in [5.41, 5.74) is 0.217. The highest BCUT2D eigenvalue weighted by Gasteiger charge is 2.22. The fraction of sp³-hybridized carbons (Fsp3) is 0.250. The molecule has 0 unspecified atom stereocenters. The van der Waals surface area contributed by atoms with Crippen LogP contribution >= 0.6 is 10.7 Å². The first-order valence-electron chi connectivity index (χ1n) is 3.84. The number of halogens is 3. The van der Waals surface area contributed by atoms with Crippen molar-refractivity contribution in [2.45, 2.75) is 4.90 Å². The van der Waals surface area contributed by atoms with Crippen molar-refractivity contribution in [1.29, 1.82) is 0 Å². The average Bonchev–Trinajstić information content (AvgIpc) is 1.99. The van der Waals surface area contributed by atoms with Gasteiger partial charge >= 0.3 is 0 Å². The molecule has 1 rings (SSSR count). The van der Waals surface area contributed by atoms with Crippen LogP contribution in [0, 0.1) is 11.6 Å². The van der Waals surface area contributed by atoms with Gasteiger partial charge in [-0.25, -0.2) is 17.2 Å². The highest BCUT2D eigenvalue weighted by atomic mass is 35.7. The fourth-order valence-electron chi connectivity index (χ4n) is 1.04. The number of benzene rings is 1. The lowest BCUT2D eigenvalue weighted by Crippen LogP contribution is -2.11. The second-order valence-electron chi connectivity index (χ2n) is 3.07. The van der Waals surface area contributed by atoms with Crippen LogP contribution in [0.4, 0.5) is 14.5 Å². The van der Waals surface area contributed by atoms with E-state index in [4.69, 9.17) is 10.7 Å². The first kappa shape index (κ1) is 12.2. The standard InChI is InChI=1S/C8H8ClF2NO2S/c1-12(2)5-3-6(10)8(7(11)4-5)15(9,13)14/h3-4H,1-2H3. The van der Waals surface area contributed by atoms with E-state index in [0.29, 0.717) is 0 Å². The van der Waals surface area contributed by atoms with Crippen molar-refractivity contribution < 1.29 is 17.2 Å². The zero-order valence-corrected chi connectivity index (χ0v) is 9.53. The molecule has 0 saturated carbocycles. The maximum absolute atomic E-state index is 13.2. The molecule has 1 aromatic rings. The minimum Gasteiger partial charge on any atom is -0.377 e. The minimum atomic E-state index is -4.40. The van der Waals surface area contributed by atoms with Crippen molar-refractivity contribution in [3.05, 3.63) is 23.8 Å². The van der Waals surface area contributed by atoms with Gasteiger partial charge in [0.1, 0.15) is 11.6 Å². The monoisotopic (exact) mass is 255 g/mol. The van der Waals surface area contributed by atoms with E-state index in [1.54, 1.807) is 14.1 Å². The summed E-state index contributed by atoms with van der Waals surface area (Å²) >= 11 is 0. The van der Waals surface area contributed by atoms with Gasteiger partial charge in [-0.1, -0.05) is 0 Å². The molecule has 0 heterocycles. The number of anilines is 1. The molecule has 3 nitrogen and oxygen atoms in total. The Bertz CT molecular complexity index is 464. The van der Waals surface area contributed by atoms with E-state index < -0.39 is 25.6 Å². The predicted octanol–water partition coefficient (Wildman–Crippen LogP) is 1.96. The third-order valence-corrected chi connectivity index (χ3v) is 3.08. The van der Waals surface area contributed by atoms with Gasteiger partial charge < -0.3 is 4.90 Å². The first-order chi connectivity index (χ1) is 6.73. The van der Waals surface area contributed by atoms with Gasteiger partial charge in [0.05, 0.1) is 0 Å². The van der Waals surface area contributed by atoms with Crippen LogP contribution in [-0.4, -0.2) is 22.5 Å². The topological polar surface area (TPSA) is 37.4 Å². The van der Waals surface area contributed by atoms with Crippen molar-refractivity contribution in [2.75, 3.05) is 19.0 Å². The molecule has 0 aliphatic rings. The highest BCUT2D eigenvalue weighted by molar-refractivity contribution is 8.13. The van der Waals surface area contributed by atoms with Crippen molar-refractivity contribution in [3.8, 4) is 0 Å². The summed E-state index contributed by atoms with van der Waals surface area (Å²) in [5, 5.41) is 0. The molecular weight excluding hydrogens is 248 g/mol. The van der Waals surface area contributed by atoms with Gasteiger partial charge in [-0.05, 0) is 12.1 Å². The zero-order valence-electron chi connectivity index (χ0n) is 7.96. The molecule has 0 saturated heterocycles. The van der Waals surface area contributed by atoms with Crippen LogP contribution < -0.4 is 4.90 Å². The van der Waals surface area contributed by atoms with Crippen molar-refractivity contribution in [1.82, 2.24) is 0 Å². The van der Waals surface area contributed by atoms with Gasteiger partial charge in [0.15, 0.2) is 4.90 Å². The smallest absolute Gasteiger partial charge is 0.267 e. The Morgan fingerprint density at radius 3 is 1.87 bits per heavy atom. The molecule has 0 spiro atoms. The second-order valence-corrected chi connectivity index (χ2v) is 5.57. The normalized spacial score (nSPS) is 11.5. The molecule has 0 fully saturated rings. The third-order valence-electron chi connectivity index (χ3n) is 1.74. The van der Waals surface area contributed by atoms with Crippen LogP contribution in [-0.2, 0) is 9.05 Å².